The Morgan fingerprint density at radius 1 is 0.963 bits per heavy atom. The van der Waals surface area contributed by atoms with Crippen LogP contribution in [0, 0.1) is 0 Å². The van der Waals surface area contributed by atoms with Crippen molar-refractivity contribution in [3.8, 4) is 11.5 Å². The molecule has 27 heavy (non-hydrogen) atoms. The highest BCUT2D eigenvalue weighted by molar-refractivity contribution is 5.94. The van der Waals surface area contributed by atoms with Crippen molar-refractivity contribution in [1.82, 2.24) is 10.3 Å². The number of anilines is 2. The number of benzene rings is 2. The van der Waals surface area contributed by atoms with Gasteiger partial charge in [0.15, 0.2) is 0 Å². The first kappa shape index (κ1) is 18.3. The van der Waals surface area contributed by atoms with E-state index in [4.69, 9.17) is 9.47 Å². The molecule has 3 rings (SSSR count). The van der Waals surface area contributed by atoms with Gasteiger partial charge in [-0.25, -0.2) is 4.98 Å². The number of aromatic nitrogens is 1. The van der Waals surface area contributed by atoms with Crippen LogP contribution < -0.4 is 20.1 Å². The van der Waals surface area contributed by atoms with E-state index in [1.165, 1.54) is 0 Å². The van der Waals surface area contributed by atoms with Crippen LogP contribution in [0.3, 0.4) is 0 Å². The number of carbonyl (C=O) groups excluding carboxylic acids is 1. The van der Waals surface area contributed by atoms with Gasteiger partial charge in [-0.3, -0.25) is 4.79 Å². The zero-order chi connectivity index (χ0) is 19.1. The molecule has 0 spiro atoms. The fourth-order valence-electron chi connectivity index (χ4n) is 2.52. The van der Waals surface area contributed by atoms with Gasteiger partial charge in [0.1, 0.15) is 17.3 Å². The predicted octanol–water partition coefficient (Wildman–Crippen LogP) is 3.77. The van der Waals surface area contributed by atoms with E-state index in [0.717, 1.165) is 22.7 Å². The largest absolute Gasteiger partial charge is 0.497 e. The van der Waals surface area contributed by atoms with Crippen LogP contribution in [0.1, 0.15) is 15.9 Å². The molecular formula is C21H21N3O3. The molecule has 6 heteroatoms. The second-order valence-electron chi connectivity index (χ2n) is 5.82. The zero-order valence-corrected chi connectivity index (χ0v) is 15.2. The molecule has 6 nitrogen and oxygen atoms in total. The third kappa shape index (κ3) is 4.98. The lowest BCUT2D eigenvalue weighted by atomic mass is 10.2. The maximum absolute atomic E-state index is 12.4. The standard InChI is InChI=1S/C21H21N3O3/c1-26-18-8-6-15(7-9-18)14-23-21(25)16-10-11-22-20(12-16)24-17-4-3-5-19(13-17)27-2/h3-13H,14H2,1-2H3,(H,22,24)(H,23,25). The Labute approximate surface area is 158 Å². The summed E-state index contributed by atoms with van der Waals surface area (Å²) in [7, 11) is 3.24. The summed E-state index contributed by atoms with van der Waals surface area (Å²) in [5, 5.41) is 6.08. The van der Waals surface area contributed by atoms with E-state index in [1.807, 2.05) is 48.5 Å². The molecular weight excluding hydrogens is 342 g/mol. The molecule has 138 valence electrons. The number of pyridine rings is 1. The molecule has 0 aliphatic heterocycles. The second-order valence-corrected chi connectivity index (χ2v) is 5.82. The molecule has 2 aromatic carbocycles. The molecule has 0 bridgehead atoms. The van der Waals surface area contributed by atoms with Gasteiger partial charge >= 0.3 is 0 Å². The van der Waals surface area contributed by atoms with E-state index in [2.05, 4.69) is 15.6 Å². The Balaban J connectivity index is 1.64. The van der Waals surface area contributed by atoms with E-state index in [1.54, 1.807) is 32.5 Å². The van der Waals surface area contributed by atoms with Gasteiger partial charge in [0.05, 0.1) is 14.2 Å². The minimum absolute atomic E-state index is 0.165. The van der Waals surface area contributed by atoms with Crippen molar-refractivity contribution >= 4 is 17.4 Å². The molecule has 0 saturated heterocycles. The number of rotatable bonds is 7. The Hall–Kier alpha value is -3.54. The quantitative estimate of drug-likeness (QED) is 0.668. The molecule has 0 saturated carbocycles. The third-order valence-corrected chi connectivity index (χ3v) is 3.98. The van der Waals surface area contributed by atoms with Gasteiger partial charge in [0.25, 0.3) is 5.91 Å². The Bertz CT molecular complexity index is 911. The van der Waals surface area contributed by atoms with E-state index in [9.17, 15) is 4.79 Å². The lowest BCUT2D eigenvalue weighted by Gasteiger charge is -2.09. The smallest absolute Gasteiger partial charge is 0.251 e. The maximum Gasteiger partial charge on any atom is 0.251 e. The molecule has 2 N–H and O–H groups in total. The summed E-state index contributed by atoms with van der Waals surface area (Å²) in [6.45, 7) is 0.434. The molecule has 1 amide bonds. The van der Waals surface area contributed by atoms with Crippen LogP contribution in [-0.4, -0.2) is 25.1 Å². The molecule has 1 aromatic heterocycles. The van der Waals surface area contributed by atoms with Gasteiger partial charge in [-0.05, 0) is 42.0 Å². The van der Waals surface area contributed by atoms with Gasteiger partial charge in [0, 0.05) is 30.1 Å². The van der Waals surface area contributed by atoms with Crippen molar-refractivity contribution < 1.29 is 14.3 Å². The van der Waals surface area contributed by atoms with E-state index >= 15 is 0 Å². The lowest BCUT2D eigenvalue weighted by molar-refractivity contribution is 0.0951. The van der Waals surface area contributed by atoms with Crippen LogP contribution in [0.15, 0.2) is 66.9 Å². The van der Waals surface area contributed by atoms with Gasteiger partial charge in [0.2, 0.25) is 0 Å². The van der Waals surface area contributed by atoms with Crippen molar-refractivity contribution in [3.05, 3.63) is 78.0 Å². The summed E-state index contributed by atoms with van der Waals surface area (Å²) in [5.41, 5.74) is 2.36. The normalized spacial score (nSPS) is 10.1. The fourth-order valence-corrected chi connectivity index (χ4v) is 2.52. The molecule has 1 heterocycles. The minimum Gasteiger partial charge on any atom is -0.497 e. The van der Waals surface area contributed by atoms with Crippen LogP contribution >= 0.6 is 0 Å². The first-order chi connectivity index (χ1) is 13.2. The Morgan fingerprint density at radius 3 is 2.48 bits per heavy atom. The van der Waals surface area contributed by atoms with Crippen LogP contribution in [0.2, 0.25) is 0 Å². The molecule has 0 unspecified atom stereocenters. The summed E-state index contributed by atoms with van der Waals surface area (Å²) >= 11 is 0. The second kappa shape index (κ2) is 8.71. The predicted molar refractivity (Wildman–Crippen MR) is 105 cm³/mol. The van der Waals surface area contributed by atoms with Crippen LogP contribution in [-0.2, 0) is 6.54 Å². The summed E-state index contributed by atoms with van der Waals surface area (Å²) in [4.78, 5) is 16.7. The van der Waals surface area contributed by atoms with Gasteiger partial charge in [-0.2, -0.15) is 0 Å². The molecule has 0 atom stereocenters. The van der Waals surface area contributed by atoms with Crippen molar-refractivity contribution in [2.45, 2.75) is 6.54 Å². The lowest BCUT2D eigenvalue weighted by Crippen LogP contribution is -2.22. The van der Waals surface area contributed by atoms with Crippen molar-refractivity contribution in [2.75, 3.05) is 19.5 Å². The number of methoxy groups -OCH3 is 2. The van der Waals surface area contributed by atoms with Gasteiger partial charge in [-0.15, -0.1) is 0 Å². The van der Waals surface area contributed by atoms with E-state index in [0.29, 0.717) is 17.9 Å². The number of nitrogens with zero attached hydrogens (tertiary/aromatic N) is 1. The van der Waals surface area contributed by atoms with Crippen LogP contribution in [0.5, 0.6) is 11.5 Å². The van der Waals surface area contributed by atoms with Crippen LogP contribution in [0.25, 0.3) is 0 Å². The highest BCUT2D eigenvalue weighted by Gasteiger charge is 2.07. The molecule has 0 fully saturated rings. The zero-order valence-electron chi connectivity index (χ0n) is 15.2. The minimum atomic E-state index is -0.165. The first-order valence-electron chi connectivity index (χ1n) is 8.46. The van der Waals surface area contributed by atoms with E-state index in [-0.39, 0.29) is 5.91 Å². The van der Waals surface area contributed by atoms with Crippen LogP contribution in [0.4, 0.5) is 11.5 Å². The monoisotopic (exact) mass is 363 g/mol. The summed E-state index contributed by atoms with van der Waals surface area (Å²) in [6, 6.07) is 18.5. The molecule has 3 aromatic rings. The topological polar surface area (TPSA) is 72.5 Å². The Kier molecular flexibility index (Phi) is 5.89. The summed E-state index contributed by atoms with van der Waals surface area (Å²) < 4.78 is 10.3. The first-order valence-corrected chi connectivity index (χ1v) is 8.46. The number of hydrogen-bond acceptors (Lipinski definition) is 5. The third-order valence-electron chi connectivity index (χ3n) is 3.98. The number of hydrogen-bond donors (Lipinski definition) is 2. The Morgan fingerprint density at radius 2 is 1.74 bits per heavy atom. The number of amides is 1. The van der Waals surface area contributed by atoms with E-state index < -0.39 is 0 Å². The average Bonchev–Trinajstić information content (AvgIpc) is 2.72. The average molecular weight is 363 g/mol. The summed E-state index contributed by atoms with van der Waals surface area (Å²) in [6.07, 6.45) is 1.60. The molecule has 0 radical (unpaired) electrons. The van der Waals surface area contributed by atoms with Crippen molar-refractivity contribution in [2.24, 2.45) is 0 Å². The number of nitrogens with one attached hydrogen (secondary N) is 2. The van der Waals surface area contributed by atoms with Gasteiger partial charge in [-0.1, -0.05) is 18.2 Å². The maximum atomic E-state index is 12.4. The van der Waals surface area contributed by atoms with Crippen molar-refractivity contribution in [3.63, 3.8) is 0 Å². The highest BCUT2D eigenvalue weighted by atomic mass is 16.5. The molecule has 0 aliphatic rings. The highest BCUT2D eigenvalue weighted by Crippen LogP contribution is 2.20. The van der Waals surface area contributed by atoms with Gasteiger partial charge < -0.3 is 20.1 Å². The fraction of sp³-hybridized carbons (Fsp3) is 0.143. The number of carbonyl (C=O) groups is 1. The molecule has 0 aliphatic carbocycles. The number of ether oxygens (including phenoxy) is 2. The summed E-state index contributed by atoms with van der Waals surface area (Å²) in [5.74, 6) is 1.95. The SMILES string of the molecule is COc1ccc(CNC(=O)c2ccnc(Nc3cccc(OC)c3)c2)cc1. The van der Waals surface area contributed by atoms with Crippen molar-refractivity contribution in [1.29, 1.82) is 0 Å².